The van der Waals surface area contributed by atoms with E-state index in [0.717, 1.165) is 11.6 Å². The van der Waals surface area contributed by atoms with Gasteiger partial charge in [-0.1, -0.05) is 0 Å². The predicted molar refractivity (Wildman–Crippen MR) is 83.6 cm³/mol. The fourth-order valence-electron chi connectivity index (χ4n) is 1.90. The second-order valence-electron chi connectivity index (χ2n) is 5.22. The molecule has 0 aliphatic rings. The van der Waals surface area contributed by atoms with E-state index in [1.807, 2.05) is 12.1 Å². The number of aromatic nitrogens is 3. The highest BCUT2D eigenvalue weighted by Crippen LogP contribution is 2.29. The first-order valence-electron chi connectivity index (χ1n) is 7.35. The number of aliphatic hydroxyl groups is 1. The molecular weight excluding hydrogens is 323 g/mol. The Labute approximate surface area is 137 Å². The van der Waals surface area contributed by atoms with E-state index in [2.05, 4.69) is 25.6 Å². The molecule has 2 heterocycles. The van der Waals surface area contributed by atoms with Crippen molar-refractivity contribution in [1.82, 2.24) is 15.0 Å². The van der Waals surface area contributed by atoms with E-state index in [4.69, 9.17) is 5.11 Å². The van der Waals surface area contributed by atoms with Crippen molar-refractivity contribution in [3.8, 4) is 0 Å². The van der Waals surface area contributed by atoms with E-state index >= 15 is 0 Å². The van der Waals surface area contributed by atoms with E-state index in [1.165, 1.54) is 0 Å². The third-order valence-corrected chi connectivity index (χ3v) is 3.14. The summed E-state index contributed by atoms with van der Waals surface area (Å²) in [5.74, 6) is -0.114. The van der Waals surface area contributed by atoms with E-state index < -0.39 is 17.9 Å². The van der Waals surface area contributed by atoms with Crippen LogP contribution in [0.15, 0.2) is 30.6 Å². The van der Waals surface area contributed by atoms with Gasteiger partial charge in [-0.25, -0.2) is 4.98 Å². The standard InChI is InChI=1S/C15H18F3N5O/c1-10(9-24)21-14-22-12(15(16,17)18)8-13(23-14)20-7-4-11-2-5-19-6-3-11/h2-3,5-6,8,10,24H,4,7,9H2,1H3,(H2,20,21,22,23)/t10-/m0/s1. The number of hydrogen-bond donors (Lipinski definition) is 3. The molecule has 0 aromatic carbocycles. The molecule has 0 spiro atoms. The van der Waals surface area contributed by atoms with Crippen molar-refractivity contribution >= 4 is 11.8 Å². The number of pyridine rings is 1. The monoisotopic (exact) mass is 341 g/mol. The zero-order valence-electron chi connectivity index (χ0n) is 13.0. The third-order valence-electron chi connectivity index (χ3n) is 3.14. The van der Waals surface area contributed by atoms with Gasteiger partial charge in [0.15, 0.2) is 5.69 Å². The van der Waals surface area contributed by atoms with Gasteiger partial charge in [0.25, 0.3) is 0 Å². The lowest BCUT2D eigenvalue weighted by atomic mass is 10.2. The molecule has 2 aromatic rings. The van der Waals surface area contributed by atoms with Crippen molar-refractivity contribution in [2.24, 2.45) is 0 Å². The topological polar surface area (TPSA) is 83.0 Å². The number of halogens is 3. The molecule has 2 rings (SSSR count). The third kappa shape index (κ3) is 5.34. The summed E-state index contributed by atoms with van der Waals surface area (Å²) in [6.07, 6.45) is -0.660. The molecule has 1 atom stereocenters. The number of nitrogens with zero attached hydrogens (tertiary/aromatic N) is 3. The summed E-state index contributed by atoms with van der Waals surface area (Å²) < 4.78 is 38.9. The molecule has 0 saturated carbocycles. The summed E-state index contributed by atoms with van der Waals surface area (Å²) in [5, 5.41) is 14.5. The maximum Gasteiger partial charge on any atom is 0.433 e. The zero-order valence-corrected chi connectivity index (χ0v) is 13.0. The van der Waals surface area contributed by atoms with Crippen LogP contribution in [0.1, 0.15) is 18.2 Å². The van der Waals surface area contributed by atoms with Gasteiger partial charge in [0.2, 0.25) is 5.95 Å². The van der Waals surface area contributed by atoms with Gasteiger partial charge >= 0.3 is 6.18 Å². The number of aliphatic hydroxyl groups excluding tert-OH is 1. The van der Waals surface area contributed by atoms with Crippen LogP contribution in [0.3, 0.4) is 0 Å². The lowest BCUT2D eigenvalue weighted by molar-refractivity contribution is -0.141. The average Bonchev–Trinajstić information content (AvgIpc) is 2.55. The van der Waals surface area contributed by atoms with Gasteiger partial charge in [-0.05, 0) is 31.0 Å². The van der Waals surface area contributed by atoms with Crippen molar-refractivity contribution in [3.05, 3.63) is 41.9 Å². The molecule has 24 heavy (non-hydrogen) atoms. The maximum absolute atomic E-state index is 13.0. The first-order chi connectivity index (χ1) is 11.4. The molecule has 6 nitrogen and oxygen atoms in total. The molecule has 0 aliphatic carbocycles. The average molecular weight is 341 g/mol. The Kier molecular flexibility index (Phi) is 5.91. The summed E-state index contributed by atoms with van der Waals surface area (Å²) >= 11 is 0. The normalized spacial score (nSPS) is 12.7. The van der Waals surface area contributed by atoms with Crippen LogP contribution in [0, 0.1) is 0 Å². The molecule has 0 amide bonds. The van der Waals surface area contributed by atoms with Gasteiger partial charge in [0.1, 0.15) is 5.82 Å². The molecule has 0 saturated heterocycles. The predicted octanol–water partition coefficient (Wildman–Crippen LogP) is 2.34. The molecular formula is C15H18F3N5O. The van der Waals surface area contributed by atoms with Gasteiger partial charge in [-0.2, -0.15) is 18.2 Å². The minimum atomic E-state index is -4.58. The van der Waals surface area contributed by atoms with E-state index in [1.54, 1.807) is 19.3 Å². The van der Waals surface area contributed by atoms with Gasteiger partial charge in [-0.15, -0.1) is 0 Å². The Morgan fingerprint density at radius 1 is 1.21 bits per heavy atom. The Morgan fingerprint density at radius 2 is 1.92 bits per heavy atom. The first-order valence-corrected chi connectivity index (χ1v) is 7.35. The van der Waals surface area contributed by atoms with Crippen LogP contribution in [0.5, 0.6) is 0 Å². The number of anilines is 2. The SMILES string of the molecule is C[C@@H](CO)Nc1nc(NCCc2ccncc2)cc(C(F)(F)F)n1. The highest BCUT2D eigenvalue weighted by Gasteiger charge is 2.33. The number of hydrogen-bond acceptors (Lipinski definition) is 6. The Balaban J connectivity index is 2.10. The van der Waals surface area contributed by atoms with Crippen LogP contribution in [0.4, 0.5) is 24.9 Å². The minimum absolute atomic E-state index is 0.0685. The van der Waals surface area contributed by atoms with E-state index in [-0.39, 0.29) is 18.4 Å². The van der Waals surface area contributed by atoms with Crippen LogP contribution < -0.4 is 10.6 Å². The maximum atomic E-state index is 13.0. The highest BCUT2D eigenvalue weighted by atomic mass is 19.4. The fraction of sp³-hybridized carbons (Fsp3) is 0.400. The van der Waals surface area contributed by atoms with Crippen LogP contribution >= 0.6 is 0 Å². The Morgan fingerprint density at radius 3 is 2.54 bits per heavy atom. The molecule has 0 aliphatic heterocycles. The van der Waals surface area contributed by atoms with Crippen molar-refractivity contribution < 1.29 is 18.3 Å². The van der Waals surface area contributed by atoms with Crippen LogP contribution in [-0.2, 0) is 12.6 Å². The van der Waals surface area contributed by atoms with Crippen molar-refractivity contribution in [2.45, 2.75) is 25.6 Å². The molecule has 0 radical (unpaired) electrons. The van der Waals surface area contributed by atoms with Gasteiger partial charge in [0, 0.05) is 31.0 Å². The van der Waals surface area contributed by atoms with Crippen LogP contribution in [-0.4, -0.2) is 39.3 Å². The van der Waals surface area contributed by atoms with E-state index in [9.17, 15) is 13.2 Å². The fourth-order valence-corrected chi connectivity index (χ4v) is 1.90. The quantitative estimate of drug-likeness (QED) is 0.717. The van der Waals surface area contributed by atoms with Crippen molar-refractivity contribution in [1.29, 1.82) is 0 Å². The molecule has 0 bridgehead atoms. The van der Waals surface area contributed by atoms with E-state index in [0.29, 0.717) is 13.0 Å². The molecule has 0 unspecified atom stereocenters. The van der Waals surface area contributed by atoms with Crippen molar-refractivity contribution in [2.75, 3.05) is 23.8 Å². The van der Waals surface area contributed by atoms with Gasteiger partial charge in [0.05, 0.1) is 6.61 Å². The Hall–Kier alpha value is -2.42. The first kappa shape index (κ1) is 17.9. The van der Waals surface area contributed by atoms with Crippen LogP contribution in [0.2, 0.25) is 0 Å². The summed E-state index contributed by atoms with van der Waals surface area (Å²) in [5.41, 5.74) is -0.0357. The molecule has 3 N–H and O–H groups in total. The molecule has 0 fully saturated rings. The number of rotatable bonds is 7. The second-order valence-corrected chi connectivity index (χ2v) is 5.22. The van der Waals surface area contributed by atoms with Crippen molar-refractivity contribution in [3.63, 3.8) is 0 Å². The molecule has 130 valence electrons. The van der Waals surface area contributed by atoms with Crippen LogP contribution in [0.25, 0.3) is 0 Å². The lowest BCUT2D eigenvalue weighted by Crippen LogP contribution is -2.22. The lowest BCUT2D eigenvalue weighted by Gasteiger charge is -2.15. The Bertz CT molecular complexity index is 651. The largest absolute Gasteiger partial charge is 0.433 e. The minimum Gasteiger partial charge on any atom is -0.394 e. The highest BCUT2D eigenvalue weighted by molar-refractivity contribution is 5.43. The van der Waals surface area contributed by atoms with Gasteiger partial charge in [-0.3, -0.25) is 4.98 Å². The second kappa shape index (κ2) is 7.91. The summed E-state index contributed by atoms with van der Waals surface area (Å²) in [7, 11) is 0. The zero-order chi connectivity index (χ0) is 17.6. The molecule has 2 aromatic heterocycles. The smallest absolute Gasteiger partial charge is 0.394 e. The summed E-state index contributed by atoms with van der Waals surface area (Å²) in [6, 6.07) is 4.07. The molecule has 9 heteroatoms. The number of nitrogens with one attached hydrogen (secondary N) is 2. The summed E-state index contributed by atoms with van der Waals surface area (Å²) in [4.78, 5) is 11.4. The van der Waals surface area contributed by atoms with Gasteiger partial charge < -0.3 is 15.7 Å². The summed E-state index contributed by atoms with van der Waals surface area (Å²) in [6.45, 7) is 1.78. The number of alkyl halides is 3.